The molecule has 0 aromatic heterocycles. The Kier molecular flexibility index (Phi) is 4.85. The monoisotopic (exact) mass is 309 g/mol. The van der Waals surface area contributed by atoms with Gasteiger partial charge in [-0.3, -0.25) is 0 Å². The molecule has 3 N–H and O–H groups in total. The van der Waals surface area contributed by atoms with E-state index in [1.807, 2.05) is 0 Å². The number of hydrogen-bond donors (Lipinski definition) is 2. The van der Waals surface area contributed by atoms with Crippen LogP contribution in [-0.4, -0.2) is 24.2 Å². The Bertz CT molecular complexity index is 388. The third-order valence-corrected chi connectivity index (χ3v) is 2.77. The van der Waals surface area contributed by atoms with E-state index in [4.69, 9.17) is 15.6 Å². The van der Waals surface area contributed by atoms with Crippen molar-refractivity contribution in [2.24, 2.45) is 5.73 Å². The van der Waals surface area contributed by atoms with Crippen molar-refractivity contribution in [3.05, 3.63) is 28.2 Å². The number of hydrogen-bond acceptors (Lipinski definition) is 3. The van der Waals surface area contributed by atoms with E-state index >= 15 is 0 Å². The van der Waals surface area contributed by atoms with E-state index in [1.54, 1.807) is 19.1 Å². The normalized spacial score (nSPS) is 13.5. The van der Waals surface area contributed by atoms with Gasteiger partial charge in [-0.1, -0.05) is 15.9 Å². The fourth-order valence-electron chi connectivity index (χ4n) is 1.38. The zero-order valence-corrected chi connectivity index (χ0v) is 10.9. The van der Waals surface area contributed by atoms with Gasteiger partial charge < -0.3 is 15.6 Å². The van der Waals surface area contributed by atoms with Crippen molar-refractivity contribution in [1.29, 1.82) is 0 Å². The highest BCUT2D eigenvalue weighted by Gasteiger charge is 2.38. The predicted molar refractivity (Wildman–Crippen MR) is 64.3 cm³/mol. The topological polar surface area (TPSA) is 55.5 Å². The number of benzene rings is 1. The first-order valence-corrected chi connectivity index (χ1v) is 5.88. The first kappa shape index (κ1) is 14.3. The molecule has 0 unspecified atom stereocenters. The van der Waals surface area contributed by atoms with Crippen LogP contribution >= 0.6 is 15.9 Å². The van der Waals surface area contributed by atoms with Gasteiger partial charge in [0, 0.05) is 10.0 Å². The highest BCUT2D eigenvalue weighted by molar-refractivity contribution is 9.10. The maximum absolute atomic E-state index is 13.3. The van der Waals surface area contributed by atoms with Gasteiger partial charge in [-0.2, -0.15) is 0 Å². The summed E-state index contributed by atoms with van der Waals surface area (Å²) in [5.41, 5.74) is 5.64. The summed E-state index contributed by atoms with van der Waals surface area (Å²) in [6.07, 6.45) is 0. The van der Waals surface area contributed by atoms with Crippen LogP contribution in [0.2, 0.25) is 0 Å². The van der Waals surface area contributed by atoms with Crippen LogP contribution < -0.4 is 10.5 Å². The molecule has 17 heavy (non-hydrogen) atoms. The Morgan fingerprint density at radius 1 is 1.53 bits per heavy atom. The number of ether oxygens (including phenoxy) is 1. The minimum absolute atomic E-state index is 0.167. The third-order valence-electron chi connectivity index (χ3n) is 2.27. The molecule has 0 saturated heterocycles. The molecule has 0 spiro atoms. The zero-order valence-electron chi connectivity index (χ0n) is 9.29. The average Bonchev–Trinajstić information content (AvgIpc) is 2.30. The zero-order chi connectivity index (χ0) is 13.1. The molecule has 1 aromatic carbocycles. The molecule has 0 aliphatic heterocycles. The van der Waals surface area contributed by atoms with Gasteiger partial charge in [-0.25, -0.2) is 8.78 Å². The van der Waals surface area contributed by atoms with Crippen molar-refractivity contribution in [2.75, 3.05) is 13.2 Å². The van der Waals surface area contributed by atoms with Crippen LogP contribution in [-0.2, 0) is 0 Å². The molecule has 1 aromatic rings. The number of rotatable bonds is 5. The van der Waals surface area contributed by atoms with Gasteiger partial charge in [-0.15, -0.1) is 0 Å². The van der Waals surface area contributed by atoms with E-state index in [-0.39, 0.29) is 5.56 Å². The van der Waals surface area contributed by atoms with Crippen molar-refractivity contribution in [2.45, 2.75) is 18.9 Å². The SMILES string of the molecule is CCOc1ccc(Br)cc1[C@H](N)C(F)(F)CO. The summed E-state index contributed by atoms with van der Waals surface area (Å²) < 4.78 is 32.5. The molecule has 0 fully saturated rings. The molecule has 0 aliphatic rings. The molecule has 0 bridgehead atoms. The van der Waals surface area contributed by atoms with E-state index in [1.165, 1.54) is 6.07 Å². The lowest BCUT2D eigenvalue weighted by Gasteiger charge is -2.23. The number of alkyl halides is 2. The molecule has 1 atom stereocenters. The first-order valence-electron chi connectivity index (χ1n) is 5.09. The summed E-state index contributed by atoms with van der Waals surface area (Å²) in [5, 5.41) is 8.63. The molecule has 0 radical (unpaired) electrons. The lowest BCUT2D eigenvalue weighted by atomic mass is 10.0. The second-order valence-corrected chi connectivity index (χ2v) is 4.43. The second kappa shape index (κ2) is 5.75. The van der Waals surface area contributed by atoms with Crippen LogP contribution in [0.1, 0.15) is 18.5 Å². The molecule has 6 heteroatoms. The van der Waals surface area contributed by atoms with E-state index in [0.717, 1.165) is 0 Å². The number of nitrogens with two attached hydrogens (primary N) is 1. The van der Waals surface area contributed by atoms with Gasteiger partial charge in [0.15, 0.2) is 0 Å². The fraction of sp³-hybridized carbons (Fsp3) is 0.455. The largest absolute Gasteiger partial charge is 0.494 e. The van der Waals surface area contributed by atoms with Crippen LogP contribution in [0.5, 0.6) is 5.75 Å². The van der Waals surface area contributed by atoms with Gasteiger partial charge in [-0.05, 0) is 25.1 Å². The molecule has 0 saturated carbocycles. The molecule has 1 rings (SSSR count). The van der Waals surface area contributed by atoms with Crippen LogP contribution in [0.4, 0.5) is 8.78 Å². The van der Waals surface area contributed by atoms with Gasteiger partial charge in [0.2, 0.25) is 0 Å². The number of aliphatic hydroxyl groups excluding tert-OH is 1. The Labute approximate surface area is 107 Å². The van der Waals surface area contributed by atoms with Crippen molar-refractivity contribution < 1.29 is 18.6 Å². The standard InChI is InChI=1S/C11H14BrF2NO2/c1-2-17-9-4-3-7(12)5-8(9)10(15)11(13,14)6-16/h3-5,10,16H,2,6,15H2,1H3/t10-/m0/s1. The van der Waals surface area contributed by atoms with Gasteiger partial charge in [0.25, 0.3) is 5.92 Å². The van der Waals surface area contributed by atoms with Crippen LogP contribution in [0.3, 0.4) is 0 Å². The van der Waals surface area contributed by atoms with Crippen LogP contribution in [0.25, 0.3) is 0 Å². The minimum atomic E-state index is -3.38. The Morgan fingerprint density at radius 3 is 2.71 bits per heavy atom. The molecular weight excluding hydrogens is 296 g/mol. The lowest BCUT2D eigenvalue weighted by Crippen LogP contribution is -2.36. The van der Waals surface area contributed by atoms with E-state index in [0.29, 0.717) is 16.8 Å². The summed E-state index contributed by atoms with van der Waals surface area (Å²) in [7, 11) is 0. The Hall–Kier alpha value is -0.720. The van der Waals surface area contributed by atoms with Crippen molar-refractivity contribution in [1.82, 2.24) is 0 Å². The maximum atomic E-state index is 13.3. The minimum Gasteiger partial charge on any atom is -0.494 e. The summed E-state index contributed by atoms with van der Waals surface area (Å²) in [4.78, 5) is 0. The van der Waals surface area contributed by atoms with E-state index in [9.17, 15) is 8.78 Å². The van der Waals surface area contributed by atoms with Crippen LogP contribution in [0.15, 0.2) is 22.7 Å². The summed E-state index contributed by atoms with van der Waals surface area (Å²) in [6.45, 7) is 0.805. The smallest absolute Gasteiger partial charge is 0.289 e. The highest BCUT2D eigenvalue weighted by Crippen LogP contribution is 2.35. The Morgan fingerprint density at radius 2 is 2.18 bits per heavy atom. The van der Waals surface area contributed by atoms with Crippen molar-refractivity contribution >= 4 is 15.9 Å². The Balaban J connectivity index is 3.14. The molecule has 0 heterocycles. The fourth-order valence-corrected chi connectivity index (χ4v) is 1.75. The maximum Gasteiger partial charge on any atom is 0.289 e. The molecule has 96 valence electrons. The van der Waals surface area contributed by atoms with E-state index in [2.05, 4.69) is 15.9 Å². The second-order valence-electron chi connectivity index (χ2n) is 3.51. The summed E-state index contributed by atoms with van der Waals surface area (Å²) in [6, 6.07) is 3.11. The number of aliphatic hydroxyl groups is 1. The molecule has 0 amide bonds. The predicted octanol–water partition coefficient (Wildman–Crippen LogP) is 2.48. The average molecular weight is 310 g/mol. The number of halogens is 3. The van der Waals surface area contributed by atoms with E-state index < -0.39 is 18.6 Å². The van der Waals surface area contributed by atoms with Crippen molar-refractivity contribution in [3.63, 3.8) is 0 Å². The van der Waals surface area contributed by atoms with Gasteiger partial charge in [0.1, 0.15) is 18.4 Å². The van der Waals surface area contributed by atoms with Crippen molar-refractivity contribution in [3.8, 4) is 5.75 Å². The third kappa shape index (κ3) is 3.37. The first-order chi connectivity index (χ1) is 7.92. The quantitative estimate of drug-likeness (QED) is 0.878. The molecule has 3 nitrogen and oxygen atoms in total. The van der Waals surface area contributed by atoms with Gasteiger partial charge >= 0.3 is 0 Å². The molecule has 0 aliphatic carbocycles. The summed E-state index contributed by atoms with van der Waals surface area (Å²) >= 11 is 3.19. The van der Waals surface area contributed by atoms with Gasteiger partial charge in [0.05, 0.1) is 6.61 Å². The van der Waals surface area contributed by atoms with Crippen LogP contribution in [0, 0.1) is 0 Å². The summed E-state index contributed by atoms with van der Waals surface area (Å²) in [5.74, 6) is -3.08. The lowest BCUT2D eigenvalue weighted by molar-refractivity contribution is -0.0716. The highest BCUT2D eigenvalue weighted by atomic mass is 79.9. The molecular formula is C11H14BrF2NO2.